The van der Waals surface area contributed by atoms with Crippen LogP contribution in [0.3, 0.4) is 0 Å². The molecule has 6 heteroatoms. The van der Waals surface area contributed by atoms with Crippen molar-refractivity contribution in [3.05, 3.63) is 35.1 Å². The second-order valence-electron chi connectivity index (χ2n) is 3.78. The number of aryl methyl sites for hydroxylation is 1. The van der Waals surface area contributed by atoms with E-state index in [2.05, 4.69) is 4.74 Å². The monoisotopic (exact) mass is 259 g/mol. The molecule has 0 aromatic heterocycles. The van der Waals surface area contributed by atoms with E-state index in [4.69, 9.17) is 5.73 Å². The molecule has 2 nitrogen and oxygen atoms in total. The molecule has 96 valence electrons. The third-order valence-corrected chi connectivity index (χ3v) is 2.61. The molecule has 2 N–H and O–H groups in total. The molecule has 0 unspecified atom stereocenters. The molecule has 0 bridgehead atoms. The Bertz CT molecular complexity index is 627. The summed E-state index contributed by atoms with van der Waals surface area (Å²) >= 11 is 0. The minimum atomic E-state index is -1.71. The fourth-order valence-electron chi connectivity index (χ4n) is 1.90. The maximum absolute atomic E-state index is 13.6. The van der Waals surface area contributed by atoms with Gasteiger partial charge in [-0.05, 0) is 24.6 Å². The Balaban J connectivity index is 2.97. The molecule has 0 saturated heterocycles. The highest BCUT2D eigenvalue weighted by Gasteiger charge is 2.22. The zero-order valence-corrected chi connectivity index (χ0v) is 9.36. The van der Waals surface area contributed by atoms with Gasteiger partial charge in [0.2, 0.25) is 12.7 Å². The van der Waals surface area contributed by atoms with Gasteiger partial charge >= 0.3 is 0 Å². The summed E-state index contributed by atoms with van der Waals surface area (Å²) in [6.07, 6.45) is 0. The minimum absolute atomic E-state index is 0.0294. The largest absolute Gasteiger partial charge is 0.459 e. The van der Waals surface area contributed by atoms with Gasteiger partial charge in [0.25, 0.3) is 0 Å². The Morgan fingerprint density at radius 2 is 1.78 bits per heavy atom. The highest BCUT2D eigenvalue weighted by atomic mass is 19.2. The molecule has 0 atom stereocenters. The van der Waals surface area contributed by atoms with Crippen molar-refractivity contribution in [1.29, 1.82) is 0 Å². The van der Waals surface area contributed by atoms with Crippen LogP contribution in [0.25, 0.3) is 10.8 Å². The molecule has 2 aromatic rings. The predicted molar refractivity (Wildman–Crippen MR) is 59.6 cm³/mol. The van der Waals surface area contributed by atoms with Gasteiger partial charge in [-0.25, -0.2) is 13.2 Å². The summed E-state index contributed by atoms with van der Waals surface area (Å²) in [4.78, 5) is 0. The molecule has 0 amide bonds. The number of rotatable bonds is 2. The number of anilines is 1. The minimum Gasteiger partial charge on any atom is -0.459 e. The fraction of sp³-hybridized carbons (Fsp3) is 0.167. The van der Waals surface area contributed by atoms with Crippen molar-refractivity contribution in [3.8, 4) is 5.75 Å². The topological polar surface area (TPSA) is 35.2 Å². The van der Waals surface area contributed by atoms with Crippen LogP contribution in [0.5, 0.6) is 5.75 Å². The van der Waals surface area contributed by atoms with Crippen molar-refractivity contribution in [2.45, 2.75) is 6.92 Å². The van der Waals surface area contributed by atoms with Crippen molar-refractivity contribution in [2.75, 3.05) is 12.6 Å². The summed E-state index contributed by atoms with van der Waals surface area (Å²) in [6, 6.07) is 2.58. The van der Waals surface area contributed by atoms with Crippen LogP contribution >= 0.6 is 0 Å². The second kappa shape index (κ2) is 4.36. The standard InChI is InChI=1S/C12H9F4NO/c1-5-2-6(17)3-7-8(5)12(18-4-13)11(16)10(15)9(7)14/h2-3H,4,17H2,1H3. The Hall–Kier alpha value is -1.98. The number of fused-ring (bicyclic) bond motifs is 1. The first kappa shape index (κ1) is 12.5. The van der Waals surface area contributed by atoms with Crippen LogP contribution in [0.2, 0.25) is 0 Å². The molecule has 0 aliphatic heterocycles. The van der Waals surface area contributed by atoms with Crippen LogP contribution in [-0.4, -0.2) is 6.86 Å². The van der Waals surface area contributed by atoms with Crippen LogP contribution in [0, 0.1) is 24.4 Å². The summed E-state index contributed by atoms with van der Waals surface area (Å²) in [6.45, 7) is 0.168. The van der Waals surface area contributed by atoms with E-state index in [-0.39, 0.29) is 16.5 Å². The Labute approximate surface area is 100.0 Å². The van der Waals surface area contributed by atoms with E-state index in [1.807, 2.05) is 0 Å². The lowest BCUT2D eigenvalue weighted by Gasteiger charge is -2.12. The average molecular weight is 259 g/mol. The third-order valence-electron chi connectivity index (χ3n) is 2.61. The number of benzene rings is 2. The SMILES string of the molecule is Cc1cc(N)cc2c(F)c(F)c(F)c(OCF)c12. The van der Waals surface area contributed by atoms with Gasteiger partial charge in [-0.2, -0.15) is 4.39 Å². The molecule has 0 aliphatic carbocycles. The summed E-state index contributed by atoms with van der Waals surface area (Å²) in [5.41, 5.74) is 6.07. The van der Waals surface area contributed by atoms with Gasteiger partial charge in [-0.1, -0.05) is 0 Å². The van der Waals surface area contributed by atoms with E-state index < -0.39 is 30.1 Å². The number of halogens is 4. The van der Waals surface area contributed by atoms with E-state index in [9.17, 15) is 17.6 Å². The lowest BCUT2D eigenvalue weighted by atomic mass is 10.0. The Morgan fingerprint density at radius 1 is 1.11 bits per heavy atom. The first-order valence-electron chi connectivity index (χ1n) is 5.02. The normalized spacial score (nSPS) is 10.9. The molecule has 0 fully saturated rings. The highest BCUT2D eigenvalue weighted by Crippen LogP contribution is 2.37. The predicted octanol–water partition coefficient (Wildman–Crippen LogP) is 3.45. The smallest absolute Gasteiger partial charge is 0.228 e. The lowest BCUT2D eigenvalue weighted by molar-refractivity contribution is 0.184. The van der Waals surface area contributed by atoms with Gasteiger partial charge in [-0.3, -0.25) is 0 Å². The summed E-state index contributed by atoms with van der Waals surface area (Å²) in [7, 11) is 0. The van der Waals surface area contributed by atoms with Crippen LogP contribution in [0.15, 0.2) is 12.1 Å². The van der Waals surface area contributed by atoms with Crippen LogP contribution < -0.4 is 10.5 Å². The summed E-state index contributed by atoms with van der Waals surface area (Å²) < 4.78 is 57.1. The number of hydrogen-bond donors (Lipinski definition) is 1. The molecule has 2 aromatic carbocycles. The average Bonchev–Trinajstić information content (AvgIpc) is 2.32. The second-order valence-corrected chi connectivity index (χ2v) is 3.78. The number of alkyl halides is 1. The molecule has 0 heterocycles. The number of ether oxygens (including phenoxy) is 1. The first-order chi connectivity index (χ1) is 8.47. The van der Waals surface area contributed by atoms with Crippen molar-refractivity contribution >= 4 is 16.5 Å². The van der Waals surface area contributed by atoms with Gasteiger partial charge in [0.15, 0.2) is 17.4 Å². The molecule has 2 rings (SSSR count). The van der Waals surface area contributed by atoms with E-state index >= 15 is 0 Å². The molecular formula is C12H9F4NO. The van der Waals surface area contributed by atoms with Gasteiger partial charge in [0.05, 0.1) is 0 Å². The van der Waals surface area contributed by atoms with Crippen LogP contribution in [0.1, 0.15) is 5.56 Å². The zero-order chi connectivity index (χ0) is 13.4. The van der Waals surface area contributed by atoms with E-state index in [1.54, 1.807) is 0 Å². The maximum Gasteiger partial charge on any atom is 0.228 e. The molecule has 0 spiro atoms. The summed E-state index contributed by atoms with van der Waals surface area (Å²) in [5.74, 6) is -5.28. The molecule has 0 radical (unpaired) electrons. The third kappa shape index (κ3) is 1.73. The Morgan fingerprint density at radius 3 is 2.39 bits per heavy atom. The quantitative estimate of drug-likeness (QED) is 0.509. The molecule has 0 aliphatic rings. The van der Waals surface area contributed by atoms with Gasteiger partial charge in [0.1, 0.15) is 0 Å². The first-order valence-corrected chi connectivity index (χ1v) is 5.02. The number of hydrogen-bond acceptors (Lipinski definition) is 2. The van der Waals surface area contributed by atoms with Crippen molar-refractivity contribution in [2.24, 2.45) is 0 Å². The van der Waals surface area contributed by atoms with Gasteiger partial charge < -0.3 is 10.5 Å². The molecule has 0 saturated carbocycles. The number of nitrogens with two attached hydrogens (primary N) is 1. The zero-order valence-electron chi connectivity index (χ0n) is 9.36. The van der Waals surface area contributed by atoms with Gasteiger partial charge in [0, 0.05) is 16.5 Å². The van der Waals surface area contributed by atoms with E-state index in [0.29, 0.717) is 5.56 Å². The Kier molecular flexibility index (Phi) is 3.02. The van der Waals surface area contributed by atoms with Gasteiger partial charge in [-0.15, -0.1) is 0 Å². The highest BCUT2D eigenvalue weighted by molar-refractivity contribution is 5.94. The maximum atomic E-state index is 13.6. The fourth-order valence-corrected chi connectivity index (χ4v) is 1.90. The van der Waals surface area contributed by atoms with Crippen LogP contribution in [0.4, 0.5) is 23.2 Å². The van der Waals surface area contributed by atoms with Crippen molar-refractivity contribution in [3.63, 3.8) is 0 Å². The lowest BCUT2D eigenvalue weighted by Crippen LogP contribution is -2.02. The molecule has 18 heavy (non-hydrogen) atoms. The number of nitrogen functional groups attached to an aromatic ring is 1. The van der Waals surface area contributed by atoms with E-state index in [0.717, 1.165) is 6.07 Å². The van der Waals surface area contributed by atoms with Crippen molar-refractivity contribution in [1.82, 2.24) is 0 Å². The van der Waals surface area contributed by atoms with Crippen molar-refractivity contribution < 1.29 is 22.3 Å². The van der Waals surface area contributed by atoms with Crippen LogP contribution in [-0.2, 0) is 0 Å². The summed E-state index contributed by atoms with van der Waals surface area (Å²) in [5, 5.41) is -0.270. The molecular weight excluding hydrogens is 250 g/mol. The van der Waals surface area contributed by atoms with E-state index in [1.165, 1.54) is 13.0 Å².